The number of furan rings is 1. The average molecular weight is 197 g/mol. The van der Waals surface area contributed by atoms with Crippen molar-refractivity contribution < 1.29 is 14.4 Å². The molecule has 76 valence electrons. The predicted octanol–water partition coefficient (Wildman–Crippen LogP) is 2.04. The smallest absolute Gasteiger partial charge is 0.403 e. The van der Waals surface area contributed by atoms with Gasteiger partial charge in [0.1, 0.15) is 16.8 Å². The van der Waals surface area contributed by atoms with E-state index < -0.39 is 11.0 Å². The second-order valence-corrected chi connectivity index (χ2v) is 2.97. The first kappa shape index (κ1) is 10.5. The van der Waals surface area contributed by atoms with Crippen LogP contribution >= 0.6 is 0 Å². The third kappa shape index (κ3) is 2.00. The number of aliphatic hydroxyl groups excluding tert-OH is 1. The SMILES string of the molecule is C=CC(C)C(O)c1ccc([N+](=O)[O-])o1. The molecule has 0 spiro atoms. The van der Waals surface area contributed by atoms with E-state index in [9.17, 15) is 15.2 Å². The quantitative estimate of drug-likeness (QED) is 0.455. The highest BCUT2D eigenvalue weighted by Gasteiger charge is 2.20. The zero-order chi connectivity index (χ0) is 10.7. The Kier molecular flexibility index (Phi) is 3.03. The van der Waals surface area contributed by atoms with Crippen LogP contribution in [-0.2, 0) is 0 Å². The van der Waals surface area contributed by atoms with Gasteiger partial charge in [-0.1, -0.05) is 13.0 Å². The van der Waals surface area contributed by atoms with Crippen LogP contribution in [-0.4, -0.2) is 10.0 Å². The summed E-state index contributed by atoms with van der Waals surface area (Å²) < 4.78 is 4.83. The molecule has 0 saturated carbocycles. The molecule has 0 aliphatic carbocycles. The summed E-state index contributed by atoms with van der Waals surface area (Å²) in [5.74, 6) is -0.389. The summed E-state index contributed by atoms with van der Waals surface area (Å²) in [4.78, 5) is 9.64. The van der Waals surface area contributed by atoms with E-state index in [0.717, 1.165) is 0 Å². The lowest BCUT2D eigenvalue weighted by Gasteiger charge is -2.11. The highest BCUT2D eigenvalue weighted by Crippen LogP contribution is 2.26. The van der Waals surface area contributed by atoms with E-state index in [-0.39, 0.29) is 17.6 Å². The van der Waals surface area contributed by atoms with Gasteiger partial charge in [-0.05, 0) is 6.07 Å². The fourth-order valence-electron chi connectivity index (χ4n) is 0.987. The molecule has 0 fully saturated rings. The van der Waals surface area contributed by atoms with Crippen LogP contribution in [0.25, 0.3) is 0 Å². The fourth-order valence-corrected chi connectivity index (χ4v) is 0.987. The lowest BCUT2D eigenvalue weighted by atomic mass is 10.0. The van der Waals surface area contributed by atoms with Gasteiger partial charge in [0, 0.05) is 5.92 Å². The second kappa shape index (κ2) is 4.06. The van der Waals surface area contributed by atoms with Gasteiger partial charge in [0.25, 0.3) is 0 Å². The van der Waals surface area contributed by atoms with Crippen LogP contribution < -0.4 is 0 Å². The summed E-state index contributed by atoms with van der Waals surface area (Å²) in [6.07, 6.45) is 0.667. The molecule has 14 heavy (non-hydrogen) atoms. The Labute approximate surface area is 80.8 Å². The molecule has 2 atom stereocenters. The summed E-state index contributed by atoms with van der Waals surface area (Å²) in [6, 6.07) is 2.61. The zero-order valence-electron chi connectivity index (χ0n) is 7.71. The monoisotopic (exact) mass is 197 g/mol. The minimum absolute atomic E-state index is 0.184. The van der Waals surface area contributed by atoms with E-state index in [2.05, 4.69) is 6.58 Å². The van der Waals surface area contributed by atoms with Gasteiger partial charge in [-0.2, -0.15) is 0 Å². The lowest BCUT2D eigenvalue weighted by Crippen LogP contribution is -2.04. The Bertz CT molecular complexity index is 344. The van der Waals surface area contributed by atoms with Crippen LogP contribution in [0, 0.1) is 16.0 Å². The van der Waals surface area contributed by atoms with Crippen molar-refractivity contribution in [3.8, 4) is 0 Å². The van der Waals surface area contributed by atoms with Gasteiger partial charge >= 0.3 is 5.88 Å². The minimum atomic E-state index is -0.888. The molecule has 1 aromatic rings. The van der Waals surface area contributed by atoms with Crippen LogP contribution in [0.2, 0.25) is 0 Å². The Morgan fingerprint density at radius 2 is 2.36 bits per heavy atom. The summed E-state index contributed by atoms with van der Waals surface area (Å²) in [5.41, 5.74) is 0. The summed E-state index contributed by atoms with van der Waals surface area (Å²) >= 11 is 0. The van der Waals surface area contributed by atoms with Gasteiger partial charge < -0.3 is 9.52 Å². The van der Waals surface area contributed by atoms with E-state index in [1.807, 2.05) is 0 Å². The molecule has 5 nitrogen and oxygen atoms in total. The van der Waals surface area contributed by atoms with Gasteiger partial charge in [0.15, 0.2) is 0 Å². The van der Waals surface area contributed by atoms with Gasteiger partial charge in [-0.3, -0.25) is 10.1 Å². The topological polar surface area (TPSA) is 76.5 Å². The number of nitrogens with zero attached hydrogens (tertiary/aromatic N) is 1. The average Bonchev–Trinajstić information content (AvgIpc) is 2.64. The summed E-state index contributed by atoms with van der Waals surface area (Å²) in [6.45, 7) is 5.26. The van der Waals surface area contributed by atoms with Crippen molar-refractivity contribution in [1.82, 2.24) is 0 Å². The van der Waals surface area contributed by atoms with E-state index in [4.69, 9.17) is 4.42 Å². The second-order valence-electron chi connectivity index (χ2n) is 2.97. The van der Waals surface area contributed by atoms with Gasteiger partial charge in [-0.25, -0.2) is 0 Å². The molecule has 1 N–H and O–H groups in total. The summed E-state index contributed by atoms with van der Waals surface area (Å²) in [5, 5.41) is 19.9. The van der Waals surface area contributed by atoms with Crippen LogP contribution in [0.1, 0.15) is 18.8 Å². The third-order valence-corrected chi connectivity index (χ3v) is 1.95. The molecule has 0 radical (unpaired) electrons. The molecule has 0 amide bonds. The molecule has 0 saturated heterocycles. The number of hydrogen-bond donors (Lipinski definition) is 1. The number of hydrogen-bond acceptors (Lipinski definition) is 4. The molecule has 0 aromatic carbocycles. The fraction of sp³-hybridized carbons (Fsp3) is 0.333. The minimum Gasteiger partial charge on any atom is -0.403 e. The summed E-state index contributed by atoms with van der Waals surface area (Å²) in [7, 11) is 0. The van der Waals surface area contributed by atoms with Crippen molar-refractivity contribution in [2.24, 2.45) is 5.92 Å². The van der Waals surface area contributed by atoms with Crippen molar-refractivity contribution in [3.05, 3.63) is 40.7 Å². The molecule has 1 aromatic heterocycles. The highest BCUT2D eigenvalue weighted by atomic mass is 16.6. The molecule has 0 aliphatic heterocycles. The van der Waals surface area contributed by atoms with Crippen molar-refractivity contribution in [3.63, 3.8) is 0 Å². The molecule has 0 aliphatic rings. The van der Waals surface area contributed by atoms with Crippen LogP contribution in [0.4, 0.5) is 5.88 Å². The number of nitro groups is 1. The Morgan fingerprint density at radius 1 is 1.71 bits per heavy atom. The van der Waals surface area contributed by atoms with Crippen molar-refractivity contribution in [2.45, 2.75) is 13.0 Å². The van der Waals surface area contributed by atoms with E-state index in [1.54, 1.807) is 13.0 Å². The van der Waals surface area contributed by atoms with E-state index in [1.165, 1.54) is 12.1 Å². The molecule has 0 bridgehead atoms. The molecule has 1 rings (SSSR count). The lowest BCUT2D eigenvalue weighted by molar-refractivity contribution is -0.402. The third-order valence-electron chi connectivity index (χ3n) is 1.95. The zero-order valence-corrected chi connectivity index (χ0v) is 7.71. The standard InChI is InChI=1S/C9H11NO4/c1-3-6(2)9(11)7-4-5-8(14-7)10(12)13/h3-6,9,11H,1H2,2H3. The van der Waals surface area contributed by atoms with Crippen LogP contribution in [0.5, 0.6) is 0 Å². The van der Waals surface area contributed by atoms with Crippen molar-refractivity contribution >= 4 is 5.88 Å². The van der Waals surface area contributed by atoms with Crippen LogP contribution in [0.15, 0.2) is 29.2 Å². The first-order valence-corrected chi connectivity index (χ1v) is 4.11. The Morgan fingerprint density at radius 3 is 2.79 bits per heavy atom. The largest absolute Gasteiger partial charge is 0.433 e. The van der Waals surface area contributed by atoms with Crippen LogP contribution in [0.3, 0.4) is 0 Å². The molecule has 5 heteroatoms. The molecular weight excluding hydrogens is 186 g/mol. The predicted molar refractivity (Wildman–Crippen MR) is 49.7 cm³/mol. The first-order chi connectivity index (χ1) is 6.56. The number of aliphatic hydroxyl groups is 1. The maximum atomic E-state index is 10.3. The molecule has 1 heterocycles. The Hall–Kier alpha value is -1.62. The van der Waals surface area contributed by atoms with Crippen molar-refractivity contribution in [2.75, 3.05) is 0 Å². The van der Waals surface area contributed by atoms with E-state index in [0.29, 0.717) is 0 Å². The number of rotatable bonds is 4. The highest BCUT2D eigenvalue weighted by molar-refractivity contribution is 5.19. The maximum Gasteiger partial charge on any atom is 0.433 e. The van der Waals surface area contributed by atoms with Crippen molar-refractivity contribution in [1.29, 1.82) is 0 Å². The first-order valence-electron chi connectivity index (χ1n) is 4.11. The Balaban J connectivity index is 2.86. The van der Waals surface area contributed by atoms with Gasteiger partial charge in [0.05, 0.1) is 6.07 Å². The normalized spacial score (nSPS) is 14.7. The molecular formula is C9H11NO4. The van der Waals surface area contributed by atoms with E-state index >= 15 is 0 Å². The van der Waals surface area contributed by atoms with Gasteiger partial charge in [0.2, 0.25) is 0 Å². The maximum absolute atomic E-state index is 10.3. The van der Waals surface area contributed by atoms with Gasteiger partial charge in [-0.15, -0.1) is 6.58 Å². The molecule has 2 unspecified atom stereocenters.